The van der Waals surface area contributed by atoms with Crippen LogP contribution in [-0.2, 0) is 9.84 Å². The van der Waals surface area contributed by atoms with Crippen LogP contribution < -0.4 is 0 Å². The average Bonchev–Trinajstić information content (AvgIpc) is 2.32. The van der Waals surface area contributed by atoms with Gasteiger partial charge in [0.15, 0.2) is 9.84 Å². The second-order valence-corrected chi connectivity index (χ2v) is 6.55. The molecule has 0 amide bonds. The molecule has 0 fully saturated rings. The molecule has 0 aliphatic heterocycles. The summed E-state index contributed by atoms with van der Waals surface area (Å²) in [6.45, 7) is 3.30. The molecule has 0 saturated carbocycles. The smallest absolute Gasteiger partial charge is 0.335 e. The van der Waals surface area contributed by atoms with E-state index < -0.39 is 15.8 Å². The molecule has 0 spiro atoms. The number of hydrogen-bond donors (Lipinski definition) is 2. The summed E-state index contributed by atoms with van der Waals surface area (Å²) >= 11 is 0. The third kappa shape index (κ3) is 3.78. The summed E-state index contributed by atoms with van der Waals surface area (Å²) in [6.07, 6.45) is 0.768. The molecular weight excluding hydrogens is 268 g/mol. The lowest BCUT2D eigenvalue weighted by Gasteiger charge is -2.11. The summed E-state index contributed by atoms with van der Waals surface area (Å²) in [5.74, 6) is -1.23. The van der Waals surface area contributed by atoms with E-state index >= 15 is 0 Å². The molecule has 0 radical (unpaired) electrons. The van der Waals surface area contributed by atoms with E-state index in [0.29, 0.717) is 24.0 Å². The highest BCUT2D eigenvalue weighted by molar-refractivity contribution is 7.91. The largest absolute Gasteiger partial charge is 0.478 e. The predicted octanol–water partition coefficient (Wildman–Crippen LogP) is 1.55. The highest BCUT2D eigenvalue weighted by Gasteiger charge is 2.20. The third-order valence-corrected chi connectivity index (χ3v) is 4.94. The summed E-state index contributed by atoms with van der Waals surface area (Å²) in [5.41, 5.74) is 1.19. The Morgan fingerprint density at radius 2 is 1.84 bits per heavy atom. The molecule has 0 atom stereocenters. The van der Waals surface area contributed by atoms with Crippen LogP contribution in [0.2, 0.25) is 0 Å². The number of carboxylic acid groups (broad SMARTS) is 1. The zero-order valence-corrected chi connectivity index (χ0v) is 11.8. The maximum Gasteiger partial charge on any atom is 0.335 e. The summed E-state index contributed by atoms with van der Waals surface area (Å²) in [4.78, 5) is 11.0. The van der Waals surface area contributed by atoms with Crippen LogP contribution in [-0.4, -0.2) is 37.0 Å². The van der Waals surface area contributed by atoms with Crippen LogP contribution in [0.5, 0.6) is 0 Å². The van der Waals surface area contributed by atoms with Gasteiger partial charge < -0.3 is 10.2 Å². The number of unbranched alkanes of at least 4 members (excludes halogenated alkanes) is 1. The Labute approximate surface area is 112 Å². The van der Waals surface area contributed by atoms with Gasteiger partial charge in [-0.2, -0.15) is 0 Å². The maximum absolute atomic E-state index is 12.2. The van der Waals surface area contributed by atoms with Gasteiger partial charge in [-0.15, -0.1) is 0 Å². The number of aliphatic hydroxyl groups excluding tert-OH is 1. The van der Waals surface area contributed by atoms with E-state index in [1.807, 2.05) is 0 Å². The summed E-state index contributed by atoms with van der Waals surface area (Å²) < 4.78 is 24.4. The second kappa shape index (κ2) is 6.16. The van der Waals surface area contributed by atoms with E-state index in [0.717, 1.165) is 0 Å². The van der Waals surface area contributed by atoms with Crippen molar-refractivity contribution in [1.82, 2.24) is 0 Å². The van der Waals surface area contributed by atoms with Crippen LogP contribution in [0.15, 0.2) is 17.0 Å². The third-order valence-electron chi connectivity index (χ3n) is 3.02. The van der Waals surface area contributed by atoms with Crippen molar-refractivity contribution in [3.8, 4) is 0 Å². The molecule has 6 heteroatoms. The minimum absolute atomic E-state index is 0.0242. The first kappa shape index (κ1) is 15.7. The molecule has 2 N–H and O–H groups in total. The fourth-order valence-electron chi connectivity index (χ4n) is 1.79. The van der Waals surface area contributed by atoms with Crippen LogP contribution in [0, 0.1) is 13.8 Å². The molecule has 1 rings (SSSR count). The van der Waals surface area contributed by atoms with Gasteiger partial charge in [-0.1, -0.05) is 0 Å². The quantitative estimate of drug-likeness (QED) is 0.774. The average molecular weight is 286 g/mol. The minimum atomic E-state index is -3.52. The van der Waals surface area contributed by atoms with Crippen LogP contribution in [0.4, 0.5) is 0 Å². The SMILES string of the molecule is Cc1cc(C(=O)O)cc(S(=O)(=O)CCCCO)c1C. The van der Waals surface area contributed by atoms with Gasteiger partial charge in [0, 0.05) is 6.61 Å². The van der Waals surface area contributed by atoms with E-state index in [1.54, 1.807) is 13.8 Å². The van der Waals surface area contributed by atoms with E-state index in [4.69, 9.17) is 10.2 Å². The molecule has 0 saturated heterocycles. The first-order valence-electron chi connectivity index (χ1n) is 5.97. The van der Waals surface area contributed by atoms with Gasteiger partial charge in [0.1, 0.15) is 0 Å². The minimum Gasteiger partial charge on any atom is -0.478 e. The van der Waals surface area contributed by atoms with E-state index in [-0.39, 0.29) is 22.8 Å². The lowest BCUT2D eigenvalue weighted by atomic mass is 10.1. The number of benzene rings is 1. The molecule has 106 valence electrons. The summed E-state index contributed by atoms with van der Waals surface area (Å²) in [7, 11) is -3.52. The molecular formula is C13H18O5S. The second-order valence-electron chi connectivity index (χ2n) is 4.47. The highest BCUT2D eigenvalue weighted by Crippen LogP contribution is 2.23. The zero-order valence-electron chi connectivity index (χ0n) is 11.0. The summed E-state index contributed by atoms with van der Waals surface area (Å²) in [6, 6.07) is 2.67. The standard InChI is InChI=1S/C13H18O5S/c1-9-7-11(13(15)16)8-12(10(9)2)19(17,18)6-4-3-5-14/h7-8,14H,3-6H2,1-2H3,(H,15,16). The molecule has 0 aliphatic rings. The molecule has 0 heterocycles. The van der Waals surface area contributed by atoms with Crippen molar-refractivity contribution in [2.24, 2.45) is 0 Å². The van der Waals surface area contributed by atoms with Crippen molar-refractivity contribution in [3.63, 3.8) is 0 Å². The molecule has 0 unspecified atom stereocenters. The normalized spacial score (nSPS) is 11.5. The fourth-order valence-corrected chi connectivity index (χ4v) is 3.53. The fraction of sp³-hybridized carbons (Fsp3) is 0.462. The van der Waals surface area contributed by atoms with Crippen LogP contribution in [0.1, 0.15) is 34.3 Å². The molecule has 1 aromatic rings. The Morgan fingerprint density at radius 3 is 2.37 bits per heavy atom. The number of aliphatic hydroxyl groups is 1. The molecule has 19 heavy (non-hydrogen) atoms. The molecule has 0 aromatic heterocycles. The highest BCUT2D eigenvalue weighted by atomic mass is 32.2. The number of rotatable bonds is 6. The van der Waals surface area contributed by atoms with Gasteiger partial charge in [0.25, 0.3) is 0 Å². The van der Waals surface area contributed by atoms with Gasteiger partial charge in [-0.3, -0.25) is 0 Å². The van der Waals surface area contributed by atoms with Crippen LogP contribution in [0.3, 0.4) is 0 Å². The van der Waals surface area contributed by atoms with Gasteiger partial charge >= 0.3 is 5.97 Å². The lowest BCUT2D eigenvalue weighted by Crippen LogP contribution is -2.11. The topological polar surface area (TPSA) is 91.7 Å². The van der Waals surface area contributed by atoms with Gasteiger partial charge in [0.2, 0.25) is 0 Å². The predicted molar refractivity (Wildman–Crippen MR) is 71.2 cm³/mol. The van der Waals surface area contributed by atoms with Crippen molar-refractivity contribution in [3.05, 3.63) is 28.8 Å². The molecule has 0 bridgehead atoms. The Hall–Kier alpha value is -1.40. The first-order valence-corrected chi connectivity index (χ1v) is 7.63. The molecule has 5 nitrogen and oxygen atoms in total. The van der Waals surface area contributed by atoms with Crippen molar-refractivity contribution in [2.75, 3.05) is 12.4 Å². The number of aromatic carboxylic acids is 1. The summed E-state index contributed by atoms with van der Waals surface area (Å²) in [5, 5.41) is 17.7. The number of carboxylic acids is 1. The number of sulfone groups is 1. The van der Waals surface area contributed by atoms with Crippen molar-refractivity contribution in [1.29, 1.82) is 0 Å². The Morgan fingerprint density at radius 1 is 1.21 bits per heavy atom. The number of hydrogen-bond acceptors (Lipinski definition) is 4. The van der Waals surface area contributed by atoms with E-state index in [2.05, 4.69) is 0 Å². The Bertz CT molecular complexity index is 575. The van der Waals surface area contributed by atoms with Crippen LogP contribution >= 0.6 is 0 Å². The van der Waals surface area contributed by atoms with E-state index in [1.165, 1.54) is 12.1 Å². The van der Waals surface area contributed by atoms with Crippen molar-refractivity contribution < 1.29 is 23.4 Å². The number of carbonyl (C=O) groups is 1. The van der Waals surface area contributed by atoms with Gasteiger partial charge in [-0.25, -0.2) is 13.2 Å². The Balaban J connectivity index is 3.21. The van der Waals surface area contributed by atoms with Crippen molar-refractivity contribution >= 4 is 15.8 Å². The molecule has 1 aromatic carbocycles. The Kier molecular flexibility index (Phi) is 5.08. The molecule has 0 aliphatic carbocycles. The number of aryl methyl sites for hydroxylation is 1. The monoisotopic (exact) mass is 286 g/mol. The van der Waals surface area contributed by atoms with E-state index in [9.17, 15) is 13.2 Å². The van der Waals surface area contributed by atoms with Crippen molar-refractivity contribution in [2.45, 2.75) is 31.6 Å². The van der Waals surface area contributed by atoms with Gasteiger partial charge in [-0.05, 0) is 49.9 Å². The zero-order chi connectivity index (χ0) is 14.6. The van der Waals surface area contributed by atoms with Gasteiger partial charge in [0.05, 0.1) is 16.2 Å². The maximum atomic E-state index is 12.2. The lowest BCUT2D eigenvalue weighted by molar-refractivity contribution is 0.0696. The van der Waals surface area contributed by atoms with Crippen LogP contribution in [0.25, 0.3) is 0 Å². The first-order chi connectivity index (χ1) is 8.79.